The van der Waals surface area contributed by atoms with Crippen LogP contribution in [0.3, 0.4) is 0 Å². The minimum atomic E-state index is -0.253. The second kappa shape index (κ2) is 17.2. The van der Waals surface area contributed by atoms with Crippen LogP contribution in [0, 0.1) is 0 Å². The zero-order valence-electron chi connectivity index (χ0n) is 25.9. The molecular formula is C32H30N2O6S8. The highest BCUT2D eigenvalue weighted by molar-refractivity contribution is 8.45. The van der Waals surface area contributed by atoms with Crippen molar-refractivity contribution in [1.82, 2.24) is 9.80 Å². The molecule has 4 aliphatic rings. The van der Waals surface area contributed by atoms with E-state index in [-0.39, 0.29) is 36.7 Å². The minimum absolute atomic E-state index is 0.248. The van der Waals surface area contributed by atoms with E-state index in [1.807, 2.05) is 47.0 Å². The van der Waals surface area contributed by atoms with Gasteiger partial charge in [0.2, 0.25) is 0 Å². The number of hydrogen-bond acceptors (Lipinski definition) is 14. The molecule has 252 valence electrons. The Morgan fingerprint density at radius 1 is 0.521 bits per heavy atom. The average molecular weight is 795 g/mol. The summed E-state index contributed by atoms with van der Waals surface area (Å²) in [5.41, 5.74) is 1.85. The molecule has 0 saturated carbocycles. The lowest BCUT2D eigenvalue weighted by Gasteiger charge is -2.13. The highest BCUT2D eigenvalue weighted by Crippen LogP contribution is 2.65. The van der Waals surface area contributed by atoms with Crippen molar-refractivity contribution < 1.29 is 28.7 Å². The molecule has 0 spiro atoms. The van der Waals surface area contributed by atoms with Gasteiger partial charge in [0.05, 0.1) is 87.2 Å². The quantitative estimate of drug-likeness (QED) is 0.121. The van der Waals surface area contributed by atoms with Crippen LogP contribution in [0.2, 0.25) is 0 Å². The molecule has 0 N–H and O–H groups in total. The Balaban J connectivity index is 0.894. The number of hydrogen-bond donors (Lipinski definition) is 0. The molecular weight excluding hydrogens is 765 g/mol. The van der Waals surface area contributed by atoms with Crippen LogP contribution in [0.5, 0.6) is 0 Å². The van der Waals surface area contributed by atoms with E-state index in [2.05, 4.69) is 12.5 Å². The second-order valence-electron chi connectivity index (χ2n) is 10.1. The molecule has 2 aromatic carbocycles. The summed E-state index contributed by atoms with van der Waals surface area (Å²) in [6.07, 6.45) is 4.21. The van der Waals surface area contributed by atoms with Gasteiger partial charge in [0.25, 0.3) is 23.6 Å². The second-order valence-corrected chi connectivity index (χ2v) is 19.6. The summed E-state index contributed by atoms with van der Waals surface area (Å²) < 4.78 is 19.3. The highest BCUT2D eigenvalue weighted by atomic mass is 32.3. The van der Waals surface area contributed by atoms with Gasteiger partial charge in [-0.25, -0.2) is 0 Å². The molecule has 4 amide bonds. The number of benzene rings is 2. The van der Waals surface area contributed by atoms with Crippen molar-refractivity contribution in [2.75, 3.05) is 63.5 Å². The van der Waals surface area contributed by atoms with Crippen molar-refractivity contribution >= 4 is 118 Å². The third-order valence-electron chi connectivity index (χ3n) is 7.21. The lowest BCUT2D eigenvalue weighted by atomic mass is 10.1. The average Bonchev–Trinajstić information content (AvgIpc) is 3.84. The number of nitrogens with zero attached hydrogens (tertiary/aromatic N) is 2. The third kappa shape index (κ3) is 8.08. The first-order chi connectivity index (χ1) is 23.4. The fourth-order valence-corrected chi connectivity index (χ4v) is 15.9. The largest absolute Gasteiger partial charge is 0.379 e. The van der Waals surface area contributed by atoms with Crippen molar-refractivity contribution in [1.29, 1.82) is 0 Å². The maximum atomic E-state index is 12.5. The standard InChI is InChI=1S/C32H30N2O6S8/c1-41-27-29(43-17-15-39-13-11-33-23(35)19-7-3-4-8-20(19)24(33)36)47-31(45-27)32-46-28(42-2)30(48-32)44-18-16-40-14-12-34-25(37)21-9-5-6-10-22(21)26(34)38/h3-10H,11-18H2,1-2H3/b32-31+. The molecule has 4 heterocycles. The van der Waals surface area contributed by atoms with Gasteiger partial charge in [-0.3, -0.25) is 29.0 Å². The molecule has 0 aliphatic carbocycles. The highest BCUT2D eigenvalue weighted by Gasteiger charge is 2.36. The molecule has 4 aliphatic heterocycles. The van der Waals surface area contributed by atoms with E-state index in [1.165, 1.54) is 35.2 Å². The number of fused-ring (bicyclic) bond motifs is 2. The van der Waals surface area contributed by atoms with Gasteiger partial charge in [-0.15, -0.1) is 47.0 Å². The van der Waals surface area contributed by atoms with Crippen LogP contribution >= 0.6 is 94.1 Å². The number of carbonyl (C=O) groups is 4. The predicted octanol–water partition coefficient (Wildman–Crippen LogP) is 8.14. The van der Waals surface area contributed by atoms with E-state index in [9.17, 15) is 19.2 Å². The summed E-state index contributed by atoms with van der Waals surface area (Å²) in [4.78, 5) is 52.7. The smallest absolute Gasteiger partial charge is 0.261 e. The van der Waals surface area contributed by atoms with Gasteiger partial charge >= 0.3 is 0 Å². The van der Waals surface area contributed by atoms with Gasteiger partial charge in [0.15, 0.2) is 0 Å². The van der Waals surface area contributed by atoms with E-state index < -0.39 is 0 Å². The Kier molecular flexibility index (Phi) is 13.1. The molecule has 48 heavy (non-hydrogen) atoms. The molecule has 0 atom stereocenters. The Hall–Kier alpha value is -1.34. The Morgan fingerprint density at radius 2 is 0.854 bits per heavy atom. The van der Waals surface area contributed by atoms with E-state index in [4.69, 9.17) is 9.47 Å². The fraction of sp³-hybridized carbons (Fsp3) is 0.312. The number of rotatable bonds is 16. The Morgan fingerprint density at radius 3 is 1.19 bits per heavy atom. The topological polar surface area (TPSA) is 93.2 Å². The number of thioether (sulfide) groups is 8. The van der Waals surface area contributed by atoms with Crippen LogP contribution in [-0.2, 0) is 9.47 Å². The fourth-order valence-electron chi connectivity index (χ4n) is 4.93. The van der Waals surface area contributed by atoms with Crippen molar-refractivity contribution in [3.8, 4) is 0 Å². The molecule has 0 aromatic heterocycles. The van der Waals surface area contributed by atoms with Gasteiger partial charge < -0.3 is 9.47 Å². The number of amides is 4. The first-order valence-electron chi connectivity index (χ1n) is 14.7. The SMILES string of the molecule is CSC1=C(SCCOCCN2C(=O)c3ccccc3C2=O)S/C(=C2\SC(SC)=C(SCCOCCN3C(=O)c4ccccc4C3=O)S2)S1. The Bertz CT molecular complexity index is 1530. The molecule has 2 aromatic rings. The third-order valence-corrected chi connectivity index (χ3v) is 18.4. The van der Waals surface area contributed by atoms with Crippen LogP contribution < -0.4 is 0 Å². The molecule has 0 bridgehead atoms. The van der Waals surface area contributed by atoms with E-state index in [1.54, 1.807) is 95.6 Å². The summed E-state index contributed by atoms with van der Waals surface area (Å²) in [6.45, 7) is 2.17. The van der Waals surface area contributed by atoms with E-state index in [0.29, 0.717) is 48.7 Å². The van der Waals surface area contributed by atoms with E-state index >= 15 is 0 Å². The van der Waals surface area contributed by atoms with Crippen molar-refractivity contribution in [2.24, 2.45) is 0 Å². The van der Waals surface area contributed by atoms with Crippen molar-refractivity contribution in [3.05, 3.63) is 96.2 Å². The number of imide groups is 2. The zero-order chi connectivity index (χ0) is 33.6. The summed E-state index contributed by atoms with van der Waals surface area (Å²) in [7, 11) is 0. The molecule has 0 unspecified atom stereocenters. The van der Waals surface area contributed by atoms with Crippen LogP contribution in [0.4, 0.5) is 0 Å². The van der Waals surface area contributed by atoms with Crippen LogP contribution in [0.25, 0.3) is 0 Å². The summed E-state index contributed by atoms with van der Waals surface area (Å²) in [5.74, 6) is 0.546. The monoisotopic (exact) mass is 794 g/mol. The molecule has 0 fully saturated rings. The van der Waals surface area contributed by atoms with Crippen molar-refractivity contribution in [2.45, 2.75) is 0 Å². The number of ether oxygens (including phenoxy) is 2. The molecule has 6 rings (SSSR count). The maximum absolute atomic E-state index is 12.5. The van der Waals surface area contributed by atoms with E-state index in [0.717, 1.165) is 11.5 Å². The van der Waals surface area contributed by atoms with Crippen LogP contribution in [0.1, 0.15) is 41.4 Å². The summed E-state index contributed by atoms with van der Waals surface area (Å²) in [6, 6.07) is 13.8. The lowest BCUT2D eigenvalue weighted by molar-refractivity contribution is 0.0565. The molecule has 0 radical (unpaired) electrons. The van der Waals surface area contributed by atoms with Gasteiger partial charge in [-0.1, -0.05) is 71.3 Å². The lowest BCUT2D eigenvalue weighted by Crippen LogP contribution is -2.33. The Labute approximate surface area is 313 Å². The van der Waals surface area contributed by atoms with Crippen LogP contribution in [-0.4, -0.2) is 97.0 Å². The minimum Gasteiger partial charge on any atom is -0.379 e. The summed E-state index contributed by atoms with van der Waals surface area (Å²) in [5, 5.41) is 0. The first-order valence-corrected chi connectivity index (χ1v) is 22.4. The van der Waals surface area contributed by atoms with Gasteiger partial charge in [-0.05, 0) is 36.8 Å². The van der Waals surface area contributed by atoms with Crippen molar-refractivity contribution in [3.63, 3.8) is 0 Å². The van der Waals surface area contributed by atoms with Gasteiger partial charge in [0.1, 0.15) is 0 Å². The molecule has 16 heteroatoms. The first kappa shape index (κ1) is 36.5. The van der Waals surface area contributed by atoms with Gasteiger partial charge in [0, 0.05) is 11.5 Å². The van der Waals surface area contributed by atoms with Crippen LogP contribution in [0.15, 0.2) is 74.0 Å². The molecule has 8 nitrogen and oxygen atoms in total. The van der Waals surface area contributed by atoms with Gasteiger partial charge in [-0.2, -0.15) is 0 Å². The predicted molar refractivity (Wildman–Crippen MR) is 209 cm³/mol. The number of carbonyl (C=O) groups excluding carboxylic acids is 4. The zero-order valence-corrected chi connectivity index (χ0v) is 32.4. The maximum Gasteiger partial charge on any atom is 0.261 e. The summed E-state index contributed by atoms with van der Waals surface area (Å²) >= 11 is 14.3. The molecule has 0 saturated heterocycles. The normalized spacial score (nSPS) is 19.1.